The van der Waals surface area contributed by atoms with Gasteiger partial charge in [0, 0.05) is 18.2 Å². The number of ether oxygens (including phenoxy) is 2. The van der Waals surface area contributed by atoms with E-state index < -0.39 is 0 Å². The molecule has 3 rings (SSSR count). The highest BCUT2D eigenvalue weighted by molar-refractivity contribution is 9.10. The lowest BCUT2D eigenvalue weighted by Crippen LogP contribution is -1.97. The largest absolute Gasteiger partial charge is 0.489 e. The lowest BCUT2D eigenvalue weighted by molar-refractivity contribution is 0.285. The van der Waals surface area contributed by atoms with Gasteiger partial charge in [0.2, 0.25) is 0 Å². The molecule has 6 heteroatoms. The number of rotatable bonds is 2. The molecule has 0 amide bonds. The molecule has 0 fully saturated rings. The average molecular weight is 342 g/mol. The summed E-state index contributed by atoms with van der Waals surface area (Å²) in [6.07, 6.45) is 2.57. The average Bonchev–Trinajstić information content (AvgIpc) is 2.77. The van der Waals surface area contributed by atoms with E-state index in [2.05, 4.69) is 20.9 Å². The highest BCUT2D eigenvalue weighted by Crippen LogP contribution is 2.41. The summed E-state index contributed by atoms with van der Waals surface area (Å²) in [7, 11) is 0. The molecule has 1 aliphatic rings. The maximum Gasteiger partial charge on any atom is 0.175 e. The second-order valence-corrected chi connectivity index (χ2v) is 6.10. The summed E-state index contributed by atoms with van der Waals surface area (Å²) < 4.78 is 12.2. The Morgan fingerprint density at radius 2 is 2.16 bits per heavy atom. The van der Waals surface area contributed by atoms with Gasteiger partial charge in [-0.3, -0.25) is 0 Å². The van der Waals surface area contributed by atoms with Gasteiger partial charge in [-0.25, -0.2) is 4.98 Å². The fourth-order valence-electron chi connectivity index (χ4n) is 1.87. The van der Waals surface area contributed by atoms with E-state index in [9.17, 15) is 0 Å². The summed E-state index contributed by atoms with van der Waals surface area (Å²) in [5, 5.41) is 9.96. The molecule has 0 bridgehead atoms. The minimum absolute atomic E-state index is 0.0173. The summed E-state index contributed by atoms with van der Waals surface area (Å²) in [5.41, 5.74) is 0.959. The third-order valence-electron chi connectivity index (χ3n) is 2.76. The lowest BCUT2D eigenvalue weighted by atomic mass is 10.2. The number of halogens is 1. The fourth-order valence-corrected chi connectivity index (χ4v) is 3.18. The molecule has 0 spiro atoms. The first-order chi connectivity index (χ1) is 9.28. The van der Waals surface area contributed by atoms with Crippen molar-refractivity contribution in [3.63, 3.8) is 0 Å². The van der Waals surface area contributed by atoms with E-state index in [1.165, 1.54) is 11.3 Å². The maximum atomic E-state index is 9.10. The minimum atomic E-state index is 0.0173. The van der Waals surface area contributed by atoms with Crippen LogP contribution in [0.1, 0.15) is 11.3 Å². The van der Waals surface area contributed by atoms with Crippen LogP contribution in [0, 0.1) is 0 Å². The first-order valence-electron chi connectivity index (χ1n) is 5.93. The second kappa shape index (κ2) is 5.48. The normalized spacial score (nSPS) is 14.2. The number of hydrogen-bond acceptors (Lipinski definition) is 5. The van der Waals surface area contributed by atoms with Crippen LogP contribution < -0.4 is 9.47 Å². The SMILES string of the molecule is OCc1cnc(-c2cc(Br)c3c(c2)OCCCO3)s1. The standard InChI is InChI=1S/C13H12BrNO3S/c14-10-4-8(13-15-6-9(7-16)19-13)5-11-12(10)18-3-1-2-17-11/h4-6,16H,1-3,7H2. The highest BCUT2D eigenvalue weighted by Gasteiger charge is 2.17. The smallest absolute Gasteiger partial charge is 0.175 e. The molecule has 1 N–H and O–H groups in total. The Hall–Kier alpha value is -1.11. The van der Waals surface area contributed by atoms with Crippen molar-refractivity contribution in [1.82, 2.24) is 4.98 Å². The third-order valence-corrected chi connectivity index (χ3v) is 4.38. The monoisotopic (exact) mass is 341 g/mol. The Morgan fingerprint density at radius 1 is 1.32 bits per heavy atom. The summed E-state index contributed by atoms with van der Waals surface area (Å²) in [6, 6.07) is 3.90. The number of aromatic nitrogens is 1. The summed E-state index contributed by atoms with van der Waals surface area (Å²) in [4.78, 5) is 5.16. The van der Waals surface area contributed by atoms with Crippen molar-refractivity contribution in [3.8, 4) is 22.1 Å². The van der Waals surface area contributed by atoms with Gasteiger partial charge in [-0.15, -0.1) is 11.3 Å². The number of thiazole rings is 1. The van der Waals surface area contributed by atoms with Crippen LogP contribution in [0.2, 0.25) is 0 Å². The molecule has 1 aromatic heterocycles. The van der Waals surface area contributed by atoms with Gasteiger partial charge in [0.15, 0.2) is 11.5 Å². The van der Waals surface area contributed by atoms with Crippen LogP contribution in [-0.2, 0) is 6.61 Å². The van der Waals surface area contributed by atoms with Gasteiger partial charge in [0.25, 0.3) is 0 Å². The van der Waals surface area contributed by atoms with Gasteiger partial charge >= 0.3 is 0 Å². The predicted octanol–water partition coefficient (Wildman–Crippen LogP) is 3.23. The Kier molecular flexibility index (Phi) is 3.72. The van der Waals surface area contributed by atoms with Crippen LogP contribution in [0.5, 0.6) is 11.5 Å². The van der Waals surface area contributed by atoms with Gasteiger partial charge in [-0.2, -0.15) is 0 Å². The molecule has 100 valence electrons. The lowest BCUT2D eigenvalue weighted by Gasteiger charge is -2.10. The zero-order valence-electron chi connectivity index (χ0n) is 10.1. The van der Waals surface area contributed by atoms with E-state index in [-0.39, 0.29) is 6.61 Å². The molecule has 0 atom stereocenters. The predicted molar refractivity (Wildman–Crippen MR) is 76.8 cm³/mol. The number of nitrogens with zero attached hydrogens (tertiary/aromatic N) is 1. The van der Waals surface area contributed by atoms with Crippen LogP contribution in [0.15, 0.2) is 22.8 Å². The zero-order valence-corrected chi connectivity index (χ0v) is 12.5. The Labute approximate surface area is 123 Å². The topological polar surface area (TPSA) is 51.6 Å². The maximum absolute atomic E-state index is 9.10. The Bertz CT molecular complexity index is 600. The van der Waals surface area contributed by atoms with Crippen molar-refractivity contribution in [2.75, 3.05) is 13.2 Å². The van der Waals surface area contributed by atoms with Gasteiger partial charge < -0.3 is 14.6 Å². The van der Waals surface area contributed by atoms with Gasteiger partial charge in [0.05, 0.1) is 29.2 Å². The first kappa shape index (κ1) is 12.9. The Balaban J connectivity index is 2.03. The van der Waals surface area contributed by atoms with Crippen molar-refractivity contribution in [1.29, 1.82) is 0 Å². The zero-order chi connectivity index (χ0) is 13.2. The fraction of sp³-hybridized carbons (Fsp3) is 0.308. The number of fused-ring (bicyclic) bond motifs is 1. The van der Waals surface area contributed by atoms with Crippen LogP contribution in [0.25, 0.3) is 10.6 Å². The first-order valence-corrected chi connectivity index (χ1v) is 7.54. The quantitative estimate of drug-likeness (QED) is 0.911. The molecule has 2 aromatic rings. The Morgan fingerprint density at radius 3 is 2.95 bits per heavy atom. The van der Waals surface area contributed by atoms with E-state index in [1.807, 2.05) is 12.1 Å². The van der Waals surface area contributed by atoms with Crippen molar-refractivity contribution < 1.29 is 14.6 Å². The van der Waals surface area contributed by atoms with Crippen LogP contribution in [-0.4, -0.2) is 23.3 Å². The number of aliphatic hydroxyl groups excluding tert-OH is 1. The van der Waals surface area contributed by atoms with Crippen molar-refractivity contribution in [2.45, 2.75) is 13.0 Å². The van der Waals surface area contributed by atoms with E-state index in [1.54, 1.807) is 6.20 Å². The molecule has 0 unspecified atom stereocenters. The van der Waals surface area contributed by atoms with Crippen LogP contribution in [0.3, 0.4) is 0 Å². The number of benzene rings is 1. The number of aliphatic hydroxyl groups is 1. The molecule has 19 heavy (non-hydrogen) atoms. The highest BCUT2D eigenvalue weighted by atomic mass is 79.9. The molecule has 2 heterocycles. The van der Waals surface area contributed by atoms with Gasteiger partial charge in [-0.05, 0) is 28.1 Å². The van der Waals surface area contributed by atoms with Crippen molar-refractivity contribution in [2.24, 2.45) is 0 Å². The van der Waals surface area contributed by atoms with E-state index in [4.69, 9.17) is 14.6 Å². The van der Waals surface area contributed by atoms with Gasteiger partial charge in [-0.1, -0.05) is 0 Å². The molecule has 0 radical (unpaired) electrons. The molecular weight excluding hydrogens is 330 g/mol. The molecule has 4 nitrogen and oxygen atoms in total. The second-order valence-electron chi connectivity index (χ2n) is 4.13. The van der Waals surface area contributed by atoms with Crippen molar-refractivity contribution >= 4 is 27.3 Å². The van der Waals surface area contributed by atoms with E-state index in [0.29, 0.717) is 13.2 Å². The molecule has 0 saturated carbocycles. The summed E-state index contributed by atoms with van der Waals surface area (Å²) in [6.45, 7) is 1.34. The molecule has 1 aliphatic heterocycles. The van der Waals surface area contributed by atoms with Gasteiger partial charge in [0.1, 0.15) is 5.01 Å². The molecule has 0 saturated heterocycles. The third kappa shape index (κ3) is 2.61. The summed E-state index contributed by atoms with van der Waals surface area (Å²) >= 11 is 4.98. The van der Waals surface area contributed by atoms with Crippen LogP contribution in [0.4, 0.5) is 0 Å². The minimum Gasteiger partial charge on any atom is -0.489 e. The van der Waals surface area contributed by atoms with Crippen molar-refractivity contribution in [3.05, 3.63) is 27.7 Å². The summed E-state index contributed by atoms with van der Waals surface area (Å²) in [5.74, 6) is 1.49. The molecule has 0 aliphatic carbocycles. The molecular formula is C13H12BrNO3S. The van der Waals surface area contributed by atoms with E-state index in [0.717, 1.165) is 37.8 Å². The number of hydrogen-bond donors (Lipinski definition) is 1. The van der Waals surface area contributed by atoms with E-state index >= 15 is 0 Å². The molecule has 1 aromatic carbocycles. The van der Waals surface area contributed by atoms with Crippen LogP contribution >= 0.6 is 27.3 Å².